The molecule has 5 heteroatoms. The molecule has 2 fully saturated rings. The van der Waals surface area contributed by atoms with Crippen LogP contribution < -0.4 is 4.90 Å². The summed E-state index contributed by atoms with van der Waals surface area (Å²) in [7, 11) is 1.76. The van der Waals surface area contributed by atoms with Crippen LogP contribution in [0.4, 0.5) is 5.69 Å². The van der Waals surface area contributed by atoms with Crippen molar-refractivity contribution in [2.75, 3.05) is 31.6 Å². The molecule has 1 unspecified atom stereocenters. The molecule has 1 aliphatic heterocycles. The Hall–Kier alpha value is -2.66. The van der Waals surface area contributed by atoms with Crippen LogP contribution in [0.15, 0.2) is 48.5 Å². The van der Waals surface area contributed by atoms with Gasteiger partial charge in [-0.15, -0.1) is 0 Å². The van der Waals surface area contributed by atoms with Crippen molar-refractivity contribution in [3.05, 3.63) is 54.1 Å². The van der Waals surface area contributed by atoms with Crippen molar-refractivity contribution >= 4 is 17.5 Å². The van der Waals surface area contributed by atoms with E-state index >= 15 is 0 Å². The Morgan fingerprint density at radius 2 is 1.82 bits per heavy atom. The van der Waals surface area contributed by atoms with E-state index in [9.17, 15) is 9.59 Å². The van der Waals surface area contributed by atoms with E-state index in [2.05, 4.69) is 0 Å². The molecule has 5 nitrogen and oxygen atoms in total. The van der Waals surface area contributed by atoms with Crippen molar-refractivity contribution in [3.63, 3.8) is 0 Å². The van der Waals surface area contributed by atoms with Gasteiger partial charge in [-0.25, -0.2) is 0 Å². The van der Waals surface area contributed by atoms with Crippen LogP contribution in [0.3, 0.4) is 0 Å². The standard InChI is InChI=1S/C23H26N2O3/c1-16(26)24(2)21-10-8-17(9-11-21)19-4-3-5-20(14-19)23(27)25-12-13-28-22(15-25)18-6-7-18/h3-5,8-11,14,18,22H,6-7,12-13,15H2,1-2H3. The Bertz CT molecular complexity index is 874. The number of ether oxygens (including phenoxy) is 1. The summed E-state index contributed by atoms with van der Waals surface area (Å²) in [5.74, 6) is 0.702. The quantitative estimate of drug-likeness (QED) is 0.817. The second kappa shape index (κ2) is 7.76. The van der Waals surface area contributed by atoms with E-state index in [1.54, 1.807) is 18.9 Å². The fraction of sp³-hybridized carbons (Fsp3) is 0.391. The smallest absolute Gasteiger partial charge is 0.254 e. The van der Waals surface area contributed by atoms with E-state index < -0.39 is 0 Å². The summed E-state index contributed by atoms with van der Waals surface area (Å²) >= 11 is 0. The van der Waals surface area contributed by atoms with E-state index in [1.807, 2.05) is 53.4 Å². The molecule has 146 valence electrons. The molecule has 1 aliphatic carbocycles. The maximum atomic E-state index is 13.0. The van der Waals surface area contributed by atoms with Crippen LogP contribution in [-0.2, 0) is 9.53 Å². The third-order valence-electron chi connectivity index (χ3n) is 5.70. The number of rotatable bonds is 4. The number of benzene rings is 2. The molecular weight excluding hydrogens is 352 g/mol. The van der Waals surface area contributed by atoms with E-state index in [0.717, 1.165) is 16.8 Å². The normalized spacial score (nSPS) is 19.4. The Kier molecular flexibility index (Phi) is 5.18. The average molecular weight is 378 g/mol. The summed E-state index contributed by atoms with van der Waals surface area (Å²) in [6, 6.07) is 15.6. The van der Waals surface area contributed by atoms with Gasteiger partial charge in [-0.2, -0.15) is 0 Å². The fourth-order valence-corrected chi connectivity index (χ4v) is 3.69. The molecule has 1 saturated heterocycles. The number of hydrogen-bond donors (Lipinski definition) is 0. The Morgan fingerprint density at radius 1 is 1.07 bits per heavy atom. The van der Waals surface area contributed by atoms with Gasteiger partial charge in [0.05, 0.1) is 12.7 Å². The van der Waals surface area contributed by atoms with E-state index in [4.69, 9.17) is 4.74 Å². The van der Waals surface area contributed by atoms with Crippen LogP contribution in [0.1, 0.15) is 30.1 Å². The molecule has 0 spiro atoms. The topological polar surface area (TPSA) is 49.9 Å². The number of anilines is 1. The predicted octanol–water partition coefficient (Wildman–Crippen LogP) is 3.59. The van der Waals surface area contributed by atoms with Crippen molar-refractivity contribution in [1.82, 2.24) is 4.90 Å². The first-order valence-electron chi connectivity index (χ1n) is 9.88. The number of carbonyl (C=O) groups excluding carboxylic acids is 2. The largest absolute Gasteiger partial charge is 0.374 e. The van der Waals surface area contributed by atoms with Gasteiger partial charge >= 0.3 is 0 Å². The molecule has 0 N–H and O–H groups in total. The molecule has 0 aromatic heterocycles. The first-order chi connectivity index (χ1) is 13.5. The van der Waals surface area contributed by atoms with Gasteiger partial charge in [0.25, 0.3) is 5.91 Å². The average Bonchev–Trinajstić information content (AvgIpc) is 3.58. The second-order valence-electron chi connectivity index (χ2n) is 7.70. The predicted molar refractivity (Wildman–Crippen MR) is 109 cm³/mol. The van der Waals surface area contributed by atoms with Gasteiger partial charge in [0.2, 0.25) is 5.91 Å². The summed E-state index contributed by atoms with van der Waals surface area (Å²) in [5, 5.41) is 0. The van der Waals surface area contributed by atoms with Crippen LogP contribution in [0, 0.1) is 5.92 Å². The number of nitrogens with zero attached hydrogens (tertiary/aromatic N) is 2. The monoisotopic (exact) mass is 378 g/mol. The first kappa shape index (κ1) is 18.7. The Balaban J connectivity index is 1.51. The minimum Gasteiger partial charge on any atom is -0.374 e. The van der Waals surface area contributed by atoms with Crippen molar-refractivity contribution in [2.45, 2.75) is 25.9 Å². The highest BCUT2D eigenvalue weighted by Crippen LogP contribution is 2.36. The molecule has 1 heterocycles. The highest BCUT2D eigenvalue weighted by atomic mass is 16.5. The zero-order valence-corrected chi connectivity index (χ0v) is 16.4. The minimum absolute atomic E-state index is 0.00430. The van der Waals surface area contributed by atoms with Crippen molar-refractivity contribution in [3.8, 4) is 11.1 Å². The van der Waals surface area contributed by atoms with Crippen molar-refractivity contribution < 1.29 is 14.3 Å². The van der Waals surface area contributed by atoms with Gasteiger partial charge < -0.3 is 14.5 Å². The molecule has 0 radical (unpaired) electrons. The lowest BCUT2D eigenvalue weighted by atomic mass is 10.0. The maximum absolute atomic E-state index is 13.0. The molecule has 2 aliphatic rings. The van der Waals surface area contributed by atoms with E-state index in [-0.39, 0.29) is 17.9 Å². The third kappa shape index (κ3) is 3.94. The summed E-state index contributed by atoms with van der Waals surface area (Å²) in [6.45, 7) is 3.51. The summed E-state index contributed by atoms with van der Waals surface area (Å²) in [5.41, 5.74) is 3.57. The van der Waals surface area contributed by atoms with Gasteiger partial charge in [-0.05, 0) is 54.2 Å². The third-order valence-corrected chi connectivity index (χ3v) is 5.70. The lowest BCUT2D eigenvalue weighted by Crippen LogP contribution is -2.46. The zero-order valence-electron chi connectivity index (χ0n) is 16.4. The molecular formula is C23H26N2O3. The zero-order chi connectivity index (χ0) is 19.7. The minimum atomic E-state index is -0.00430. The number of amides is 2. The maximum Gasteiger partial charge on any atom is 0.254 e. The van der Waals surface area contributed by atoms with Gasteiger partial charge in [0.15, 0.2) is 0 Å². The Morgan fingerprint density at radius 3 is 2.50 bits per heavy atom. The second-order valence-corrected chi connectivity index (χ2v) is 7.70. The van der Waals surface area contributed by atoms with E-state index in [0.29, 0.717) is 31.2 Å². The van der Waals surface area contributed by atoms with Gasteiger partial charge in [-0.1, -0.05) is 24.3 Å². The summed E-state index contributed by atoms with van der Waals surface area (Å²) in [6.07, 6.45) is 2.64. The molecule has 2 amide bonds. The van der Waals surface area contributed by atoms with Crippen molar-refractivity contribution in [1.29, 1.82) is 0 Å². The first-order valence-corrected chi connectivity index (χ1v) is 9.88. The molecule has 1 atom stereocenters. The van der Waals surface area contributed by atoms with Crippen LogP contribution >= 0.6 is 0 Å². The SMILES string of the molecule is CC(=O)N(C)c1ccc(-c2cccc(C(=O)N3CCOC(C4CC4)C3)c2)cc1. The molecule has 1 saturated carbocycles. The van der Waals surface area contributed by atoms with Gasteiger partial charge in [0, 0.05) is 38.3 Å². The van der Waals surface area contributed by atoms with E-state index in [1.165, 1.54) is 12.8 Å². The van der Waals surface area contributed by atoms with Crippen LogP contribution in [-0.4, -0.2) is 49.6 Å². The molecule has 4 rings (SSSR count). The summed E-state index contributed by atoms with van der Waals surface area (Å²) in [4.78, 5) is 28.1. The van der Waals surface area contributed by atoms with Crippen molar-refractivity contribution in [2.24, 2.45) is 5.92 Å². The molecule has 2 aromatic rings. The fourth-order valence-electron chi connectivity index (χ4n) is 3.69. The lowest BCUT2D eigenvalue weighted by Gasteiger charge is -2.33. The molecule has 28 heavy (non-hydrogen) atoms. The Labute approximate surface area is 165 Å². The van der Waals surface area contributed by atoms with Crippen LogP contribution in [0.2, 0.25) is 0 Å². The van der Waals surface area contributed by atoms with Crippen LogP contribution in [0.5, 0.6) is 0 Å². The van der Waals surface area contributed by atoms with Gasteiger partial charge in [0.1, 0.15) is 0 Å². The number of carbonyl (C=O) groups is 2. The number of morpholine rings is 1. The van der Waals surface area contributed by atoms with Crippen LogP contribution in [0.25, 0.3) is 11.1 Å². The highest BCUT2D eigenvalue weighted by Gasteiger charge is 2.36. The van der Waals surface area contributed by atoms with Gasteiger partial charge in [-0.3, -0.25) is 9.59 Å². The molecule has 2 aromatic carbocycles. The number of hydrogen-bond acceptors (Lipinski definition) is 3. The molecule has 0 bridgehead atoms. The summed E-state index contributed by atoms with van der Waals surface area (Å²) < 4.78 is 5.84. The lowest BCUT2D eigenvalue weighted by molar-refractivity contribution is -0.116. The highest BCUT2D eigenvalue weighted by molar-refractivity contribution is 5.96.